The third-order valence-electron chi connectivity index (χ3n) is 6.04. The van der Waals surface area contributed by atoms with E-state index in [0.29, 0.717) is 51.1 Å². The van der Waals surface area contributed by atoms with Crippen molar-refractivity contribution in [1.82, 2.24) is 14.5 Å². The molecule has 1 spiro atoms. The van der Waals surface area contributed by atoms with Crippen LogP contribution in [-0.4, -0.2) is 73.2 Å². The number of aliphatic hydroxyl groups is 3. The van der Waals surface area contributed by atoms with Gasteiger partial charge in [-0.15, -0.1) is 0 Å². The summed E-state index contributed by atoms with van der Waals surface area (Å²) in [7, 11) is 0. The molecule has 3 heterocycles. The van der Waals surface area contributed by atoms with Gasteiger partial charge in [-0.3, -0.25) is 4.79 Å². The zero-order valence-electron chi connectivity index (χ0n) is 15.8. The van der Waals surface area contributed by atoms with Crippen LogP contribution in [0.5, 0.6) is 0 Å². The number of carbonyl (C=O) groups is 1. The molecule has 0 unspecified atom stereocenters. The molecule has 0 radical (unpaired) electrons. The molecule has 2 aliphatic rings. The quantitative estimate of drug-likeness (QED) is 0.700. The first-order valence-electron chi connectivity index (χ1n) is 9.84. The number of hydrogen-bond acceptors (Lipinski definition) is 6. The van der Waals surface area contributed by atoms with E-state index in [1.165, 1.54) is 0 Å². The minimum absolute atomic E-state index is 0.0629. The van der Waals surface area contributed by atoms with Crippen LogP contribution in [0.3, 0.4) is 0 Å². The fourth-order valence-corrected chi connectivity index (χ4v) is 4.32. The van der Waals surface area contributed by atoms with Gasteiger partial charge < -0.3 is 29.5 Å². The van der Waals surface area contributed by atoms with Gasteiger partial charge in [0.15, 0.2) is 0 Å². The Morgan fingerprint density at radius 2 is 1.96 bits per heavy atom. The van der Waals surface area contributed by atoms with Crippen LogP contribution in [0.2, 0.25) is 0 Å². The molecule has 0 bridgehead atoms. The molecule has 2 aromatic rings. The van der Waals surface area contributed by atoms with E-state index in [2.05, 4.69) is 4.98 Å². The van der Waals surface area contributed by atoms with Crippen LogP contribution in [-0.2, 0) is 22.7 Å². The van der Waals surface area contributed by atoms with Crippen molar-refractivity contribution in [3.8, 4) is 0 Å². The number of fused-ring (bicyclic) bond motifs is 1. The van der Waals surface area contributed by atoms with Crippen LogP contribution in [0.4, 0.5) is 0 Å². The van der Waals surface area contributed by atoms with Crippen molar-refractivity contribution in [1.29, 1.82) is 0 Å². The van der Waals surface area contributed by atoms with Gasteiger partial charge in [-0.05, 0) is 25.0 Å². The van der Waals surface area contributed by atoms with Crippen LogP contribution in [0.1, 0.15) is 31.5 Å². The average Bonchev–Trinajstić information content (AvgIpc) is 3.07. The summed E-state index contributed by atoms with van der Waals surface area (Å²) in [5.41, 5.74) is 1.30. The maximum atomic E-state index is 12.7. The fourth-order valence-electron chi connectivity index (χ4n) is 4.32. The summed E-state index contributed by atoms with van der Waals surface area (Å²) < 4.78 is 7.73. The zero-order chi connectivity index (χ0) is 19.7. The second kappa shape index (κ2) is 7.79. The van der Waals surface area contributed by atoms with Crippen LogP contribution < -0.4 is 0 Å². The Kier molecular flexibility index (Phi) is 5.37. The van der Waals surface area contributed by atoms with Gasteiger partial charge in [-0.2, -0.15) is 0 Å². The molecule has 1 aromatic carbocycles. The van der Waals surface area contributed by atoms with E-state index in [0.717, 1.165) is 11.0 Å². The number of imidazole rings is 1. The number of nitrogens with zero attached hydrogens (tertiary/aromatic N) is 3. The highest BCUT2D eigenvalue weighted by Gasteiger charge is 2.43. The number of hydrogen-bond donors (Lipinski definition) is 3. The minimum atomic E-state index is -0.823. The molecular weight excluding hydrogens is 362 g/mol. The monoisotopic (exact) mass is 389 g/mol. The Bertz CT molecular complexity index is 843. The molecule has 152 valence electrons. The first-order chi connectivity index (χ1) is 13.5. The fraction of sp³-hybridized carbons (Fsp3) is 0.600. The molecule has 0 saturated carbocycles. The number of aliphatic hydroxyl groups excluding tert-OH is 3. The van der Waals surface area contributed by atoms with E-state index in [9.17, 15) is 20.1 Å². The van der Waals surface area contributed by atoms with Gasteiger partial charge in [0.1, 0.15) is 18.5 Å². The molecule has 2 atom stereocenters. The van der Waals surface area contributed by atoms with E-state index >= 15 is 0 Å². The summed E-state index contributed by atoms with van der Waals surface area (Å²) in [6, 6.07) is 7.66. The molecule has 3 N–H and O–H groups in total. The lowest BCUT2D eigenvalue weighted by Crippen LogP contribution is -2.55. The van der Waals surface area contributed by atoms with E-state index in [1.807, 2.05) is 33.7 Å². The summed E-state index contributed by atoms with van der Waals surface area (Å²) in [5, 5.41) is 29.2. The highest BCUT2D eigenvalue weighted by atomic mass is 16.5. The number of piperidine rings is 1. The number of benzene rings is 1. The molecule has 1 amide bonds. The third kappa shape index (κ3) is 3.65. The van der Waals surface area contributed by atoms with Gasteiger partial charge in [-0.1, -0.05) is 12.1 Å². The Morgan fingerprint density at radius 3 is 2.68 bits per heavy atom. The molecule has 0 aliphatic carbocycles. The van der Waals surface area contributed by atoms with Crippen LogP contribution >= 0.6 is 0 Å². The number of para-hydroxylation sites is 2. The first-order valence-corrected chi connectivity index (χ1v) is 9.84. The average molecular weight is 389 g/mol. The Hall–Kier alpha value is -2.00. The third-order valence-corrected chi connectivity index (χ3v) is 6.04. The molecule has 1 aromatic heterocycles. The van der Waals surface area contributed by atoms with Crippen LogP contribution in [0, 0.1) is 0 Å². The molecule has 8 heteroatoms. The maximum absolute atomic E-state index is 12.7. The number of ether oxygens (including phenoxy) is 1. The SMILES string of the molecule is O=C(CCn1c(CO)nc2ccccc21)N1CCC2(CC1)C[C@@H](O)[C@@H](O)CO2. The van der Waals surface area contributed by atoms with Crippen LogP contribution in [0.25, 0.3) is 11.0 Å². The van der Waals surface area contributed by atoms with Crippen molar-refractivity contribution in [2.45, 2.75) is 56.6 Å². The Labute approximate surface area is 163 Å². The largest absolute Gasteiger partial charge is 0.390 e. The number of aryl methyl sites for hydroxylation is 1. The second-order valence-electron chi connectivity index (χ2n) is 7.79. The van der Waals surface area contributed by atoms with Crippen molar-refractivity contribution < 1.29 is 24.9 Å². The van der Waals surface area contributed by atoms with Gasteiger partial charge in [0.2, 0.25) is 5.91 Å². The lowest BCUT2D eigenvalue weighted by atomic mass is 9.82. The molecule has 28 heavy (non-hydrogen) atoms. The minimum Gasteiger partial charge on any atom is -0.390 e. The van der Waals surface area contributed by atoms with Crippen LogP contribution in [0.15, 0.2) is 24.3 Å². The van der Waals surface area contributed by atoms with Gasteiger partial charge >= 0.3 is 0 Å². The number of carbonyl (C=O) groups excluding carboxylic acids is 1. The van der Waals surface area contributed by atoms with Crippen molar-refractivity contribution in [2.75, 3.05) is 19.7 Å². The molecule has 4 rings (SSSR count). The smallest absolute Gasteiger partial charge is 0.224 e. The highest BCUT2D eigenvalue weighted by Crippen LogP contribution is 2.35. The van der Waals surface area contributed by atoms with Crippen molar-refractivity contribution >= 4 is 16.9 Å². The molecule has 8 nitrogen and oxygen atoms in total. The first kappa shape index (κ1) is 19.3. The van der Waals surface area contributed by atoms with E-state index in [1.54, 1.807) is 0 Å². The maximum Gasteiger partial charge on any atom is 0.224 e. The van der Waals surface area contributed by atoms with Gasteiger partial charge in [-0.25, -0.2) is 4.98 Å². The number of rotatable bonds is 4. The number of amides is 1. The summed E-state index contributed by atoms with van der Waals surface area (Å²) in [6.45, 7) is 1.62. The standard InChI is InChI=1S/C20H27N3O5/c24-12-18-21-14-3-1-2-4-15(14)23(18)8-5-19(27)22-9-6-20(7-10-22)11-16(25)17(26)13-28-20/h1-4,16-17,24-26H,5-13H2/t16-,17+/m1/s1. The predicted octanol–water partition coefficient (Wildman–Crippen LogP) is 0.422. The topological polar surface area (TPSA) is 108 Å². The lowest BCUT2D eigenvalue weighted by Gasteiger charge is -2.46. The summed E-state index contributed by atoms with van der Waals surface area (Å²) in [6.07, 6.45) is 0.495. The normalized spacial score (nSPS) is 24.8. The van der Waals surface area contributed by atoms with Crippen molar-refractivity contribution in [2.24, 2.45) is 0 Å². The zero-order valence-corrected chi connectivity index (χ0v) is 15.8. The Morgan fingerprint density at radius 1 is 1.21 bits per heavy atom. The summed E-state index contributed by atoms with van der Waals surface area (Å²) in [4.78, 5) is 19.0. The van der Waals surface area contributed by atoms with Crippen molar-refractivity contribution in [3.05, 3.63) is 30.1 Å². The Balaban J connectivity index is 1.36. The molecule has 2 saturated heterocycles. The van der Waals surface area contributed by atoms with Gasteiger partial charge in [0.25, 0.3) is 0 Å². The molecule has 2 aliphatic heterocycles. The highest BCUT2D eigenvalue weighted by molar-refractivity contribution is 5.78. The molecular formula is C20H27N3O5. The van der Waals surface area contributed by atoms with Gasteiger partial charge in [0, 0.05) is 32.5 Å². The van der Waals surface area contributed by atoms with Gasteiger partial charge in [0.05, 0.1) is 29.3 Å². The predicted molar refractivity (Wildman–Crippen MR) is 101 cm³/mol. The number of aromatic nitrogens is 2. The van der Waals surface area contributed by atoms with E-state index < -0.39 is 17.8 Å². The second-order valence-corrected chi connectivity index (χ2v) is 7.79. The van der Waals surface area contributed by atoms with E-state index in [4.69, 9.17) is 4.74 Å². The molecule has 2 fully saturated rings. The van der Waals surface area contributed by atoms with E-state index in [-0.39, 0.29) is 19.1 Å². The van der Waals surface area contributed by atoms with Crippen molar-refractivity contribution in [3.63, 3.8) is 0 Å². The lowest BCUT2D eigenvalue weighted by molar-refractivity contribution is -0.188. The summed E-state index contributed by atoms with van der Waals surface area (Å²) in [5.74, 6) is 0.627. The number of likely N-dealkylation sites (tertiary alicyclic amines) is 1. The summed E-state index contributed by atoms with van der Waals surface area (Å²) >= 11 is 0.